The second-order valence-corrected chi connectivity index (χ2v) is 9.55. The normalized spacial score (nSPS) is 15.9. The van der Waals surface area contributed by atoms with Crippen LogP contribution in [0.25, 0.3) is 11.2 Å². The molecule has 1 saturated heterocycles. The number of amides is 2. The lowest BCUT2D eigenvalue weighted by Gasteiger charge is -2.27. The van der Waals surface area contributed by atoms with E-state index in [1.54, 1.807) is 12.3 Å². The standard InChI is InChI=1S/C28H24F2N6O4/c29-17-1-3-18(4-2-17)33-26(37)28(8-9-28)27(38)34-19-5-6-21(20(30)15-19)40-22-7-10-31-25-24(22)35-23(16-32-25)36-11-13-39-14-12-36/h1-7,10,15-16H,8-9,11-14H2,(H,33,37)(H,34,38). The summed E-state index contributed by atoms with van der Waals surface area (Å²) in [4.78, 5) is 41.0. The maximum atomic E-state index is 15.1. The number of nitrogens with zero attached hydrogens (tertiary/aromatic N) is 4. The zero-order valence-electron chi connectivity index (χ0n) is 21.2. The van der Waals surface area contributed by atoms with E-state index in [2.05, 4.69) is 25.6 Å². The number of anilines is 3. The maximum absolute atomic E-state index is 15.1. The van der Waals surface area contributed by atoms with Crippen molar-refractivity contribution < 1.29 is 27.8 Å². The molecule has 0 bridgehead atoms. The molecule has 1 saturated carbocycles. The highest BCUT2D eigenvalue weighted by atomic mass is 19.1. The smallest absolute Gasteiger partial charge is 0.240 e. The number of halogens is 2. The van der Waals surface area contributed by atoms with Crippen molar-refractivity contribution in [3.05, 3.63) is 72.6 Å². The largest absolute Gasteiger partial charge is 0.452 e. The number of nitrogens with one attached hydrogen (secondary N) is 2. The summed E-state index contributed by atoms with van der Waals surface area (Å²) in [6.45, 7) is 2.52. The molecule has 2 aliphatic rings. The van der Waals surface area contributed by atoms with Gasteiger partial charge in [-0.25, -0.2) is 23.7 Å². The minimum absolute atomic E-state index is 0.0840. The van der Waals surface area contributed by atoms with Crippen LogP contribution < -0.4 is 20.3 Å². The molecule has 2 aromatic carbocycles. The Balaban J connectivity index is 1.16. The van der Waals surface area contributed by atoms with Crippen LogP contribution in [-0.2, 0) is 14.3 Å². The zero-order chi connectivity index (χ0) is 27.7. The van der Waals surface area contributed by atoms with Crippen LogP contribution in [0.15, 0.2) is 60.9 Å². The van der Waals surface area contributed by atoms with Crippen molar-refractivity contribution in [1.82, 2.24) is 15.0 Å². The van der Waals surface area contributed by atoms with Crippen molar-refractivity contribution in [2.75, 3.05) is 41.8 Å². The average molecular weight is 547 g/mol. The average Bonchev–Trinajstić information content (AvgIpc) is 3.79. The summed E-state index contributed by atoms with van der Waals surface area (Å²) in [6, 6.07) is 10.8. The van der Waals surface area contributed by atoms with Crippen molar-refractivity contribution in [2.24, 2.45) is 5.41 Å². The van der Waals surface area contributed by atoms with Gasteiger partial charge < -0.3 is 25.0 Å². The summed E-state index contributed by atoms with van der Waals surface area (Å²) in [5.41, 5.74) is 0.0130. The van der Waals surface area contributed by atoms with Crippen molar-refractivity contribution in [3.63, 3.8) is 0 Å². The number of ether oxygens (including phenoxy) is 2. The number of pyridine rings is 1. The van der Waals surface area contributed by atoms with Gasteiger partial charge in [0, 0.05) is 42.8 Å². The van der Waals surface area contributed by atoms with Gasteiger partial charge in [-0.15, -0.1) is 0 Å². The summed E-state index contributed by atoms with van der Waals surface area (Å²) < 4.78 is 39.5. The molecule has 0 unspecified atom stereocenters. The fourth-order valence-corrected chi connectivity index (χ4v) is 4.41. The molecule has 2 amide bonds. The number of rotatable bonds is 7. The fourth-order valence-electron chi connectivity index (χ4n) is 4.41. The quantitative estimate of drug-likeness (QED) is 0.330. The van der Waals surface area contributed by atoms with Crippen LogP contribution in [0.2, 0.25) is 0 Å². The number of hydrogen-bond donors (Lipinski definition) is 2. The van der Waals surface area contributed by atoms with Gasteiger partial charge >= 0.3 is 0 Å². The van der Waals surface area contributed by atoms with Gasteiger partial charge in [0.2, 0.25) is 11.8 Å². The van der Waals surface area contributed by atoms with Gasteiger partial charge in [-0.2, -0.15) is 0 Å². The molecule has 0 atom stereocenters. The first kappa shape index (κ1) is 25.6. The lowest BCUT2D eigenvalue weighted by atomic mass is 10.0. The minimum atomic E-state index is -1.27. The van der Waals surface area contributed by atoms with E-state index in [4.69, 9.17) is 9.47 Å². The van der Waals surface area contributed by atoms with E-state index in [1.807, 2.05) is 4.90 Å². The Morgan fingerprint density at radius 1 is 0.900 bits per heavy atom. The third-order valence-corrected chi connectivity index (χ3v) is 6.86. The highest BCUT2D eigenvalue weighted by Crippen LogP contribution is 2.47. The number of hydrogen-bond acceptors (Lipinski definition) is 8. The van der Waals surface area contributed by atoms with Crippen LogP contribution in [-0.4, -0.2) is 53.1 Å². The van der Waals surface area contributed by atoms with Crippen LogP contribution in [0.1, 0.15) is 12.8 Å². The van der Waals surface area contributed by atoms with Crippen LogP contribution >= 0.6 is 0 Å². The zero-order valence-corrected chi connectivity index (χ0v) is 21.2. The van der Waals surface area contributed by atoms with Gasteiger partial charge in [0.05, 0.1) is 19.4 Å². The predicted molar refractivity (Wildman–Crippen MR) is 142 cm³/mol. The lowest BCUT2D eigenvalue weighted by Crippen LogP contribution is -2.36. The molecule has 2 N–H and O–H groups in total. The van der Waals surface area contributed by atoms with Crippen molar-refractivity contribution in [3.8, 4) is 11.5 Å². The molecule has 10 nitrogen and oxygen atoms in total. The van der Waals surface area contributed by atoms with E-state index >= 15 is 4.39 Å². The molecule has 12 heteroatoms. The third kappa shape index (κ3) is 5.13. The van der Waals surface area contributed by atoms with Gasteiger partial charge in [0.1, 0.15) is 17.1 Å². The number of benzene rings is 2. The molecular weight excluding hydrogens is 522 g/mol. The van der Waals surface area contributed by atoms with Gasteiger partial charge in [0.15, 0.2) is 28.5 Å². The van der Waals surface area contributed by atoms with E-state index in [9.17, 15) is 14.0 Å². The molecule has 1 aliphatic carbocycles. The van der Waals surface area contributed by atoms with E-state index < -0.39 is 28.9 Å². The molecule has 1 aliphatic heterocycles. The first-order valence-electron chi connectivity index (χ1n) is 12.7. The highest BCUT2D eigenvalue weighted by molar-refractivity contribution is 6.16. The summed E-state index contributed by atoms with van der Waals surface area (Å²) >= 11 is 0. The molecule has 40 heavy (non-hydrogen) atoms. The van der Waals surface area contributed by atoms with Gasteiger partial charge in [-0.05, 0) is 49.2 Å². The lowest BCUT2D eigenvalue weighted by molar-refractivity contribution is -0.131. The van der Waals surface area contributed by atoms with Crippen LogP contribution in [0.3, 0.4) is 0 Å². The summed E-state index contributed by atoms with van der Waals surface area (Å²) in [6.07, 6.45) is 3.82. The van der Waals surface area contributed by atoms with Crippen LogP contribution in [0.4, 0.5) is 26.0 Å². The van der Waals surface area contributed by atoms with Crippen molar-refractivity contribution in [2.45, 2.75) is 12.8 Å². The second-order valence-electron chi connectivity index (χ2n) is 9.55. The molecule has 204 valence electrons. The minimum Gasteiger partial charge on any atom is -0.452 e. The first-order valence-corrected chi connectivity index (χ1v) is 12.7. The van der Waals surface area contributed by atoms with Gasteiger partial charge in [-0.3, -0.25) is 9.59 Å². The Bertz CT molecular complexity index is 1590. The molecule has 6 rings (SSSR count). The molecule has 3 heterocycles. The molecular formula is C28H24F2N6O4. The molecule has 4 aromatic rings. The first-order chi connectivity index (χ1) is 19.4. The topological polar surface area (TPSA) is 119 Å². The third-order valence-electron chi connectivity index (χ3n) is 6.86. The SMILES string of the molecule is O=C(Nc1ccc(F)cc1)C1(C(=O)Nc2ccc(Oc3ccnc4ncc(N5CCOCC5)nc34)c(F)c2)CC1. The molecule has 0 radical (unpaired) electrons. The van der Waals surface area contributed by atoms with E-state index in [0.717, 1.165) is 6.07 Å². The van der Waals surface area contributed by atoms with E-state index in [-0.39, 0.29) is 17.2 Å². The number of carbonyl (C=O) groups excluding carboxylic acids is 2. The van der Waals surface area contributed by atoms with Gasteiger partial charge in [0.25, 0.3) is 0 Å². The predicted octanol–water partition coefficient (Wildman–Crippen LogP) is 4.29. The molecule has 0 spiro atoms. The summed E-state index contributed by atoms with van der Waals surface area (Å²) in [7, 11) is 0. The van der Waals surface area contributed by atoms with E-state index in [0.29, 0.717) is 61.8 Å². The fraction of sp³-hybridized carbons (Fsp3) is 0.250. The molecule has 2 fully saturated rings. The Hall–Kier alpha value is -4.71. The van der Waals surface area contributed by atoms with Crippen molar-refractivity contribution in [1.29, 1.82) is 0 Å². The Labute approximate surface area is 227 Å². The Kier molecular flexibility index (Phi) is 6.68. The number of fused-ring (bicyclic) bond motifs is 1. The highest BCUT2D eigenvalue weighted by Gasteiger charge is 2.56. The van der Waals surface area contributed by atoms with Crippen LogP contribution in [0.5, 0.6) is 11.5 Å². The summed E-state index contributed by atoms with van der Waals surface area (Å²) in [5, 5.41) is 5.26. The number of morpholine rings is 1. The molecule has 2 aromatic heterocycles. The monoisotopic (exact) mass is 546 g/mol. The second kappa shape index (κ2) is 10.5. The van der Waals surface area contributed by atoms with Crippen LogP contribution in [0, 0.1) is 17.0 Å². The number of aromatic nitrogens is 3. The number of carbonyl (C=O) groups is 2. The maximum Gasteiger partial charge on any atom is 0.240 e. The van der Waals surface area contributed by atoms with Crippen molar-refractivity contribution >= 4 is 40.2 Å². The van der Waals surface area contributed by atoms with Gasteiger partial charge in [-0.1, -0.05) is 0 Å². The Morgan fingerprint density at radius 2 is 1.60 bits per heavy atom. The Morgan fingerprint density at radius 3 is 2.30 bits per heavy atom. The summed E-state index contributed by atoms with van der Waals surface area (Å²) in [5.74, 6) is -1.37. The van der Waals surface area contributed by atoms with E-state index in [1.165, 1.54) is 42.6 Å².